The van der Waals surface area contributed by atoms with E-state index in [9.17, 15) is 29.1 Å². The minimum absolute atomic E-state index is 0.190. The lowest BCUT2D eigenvalue weighted by atomic mass is 10.0. The topological polar surface area (TPSA) is 164 Å². The number of nitrogens with zero attached hydrogens (tertiary/aromatic N) is 2. The molecule has 0 saturated carbocycles. The van der Waals surface area contributed by atoms with Crippen LogP contribution in [0.1, 0.15) is 19.4 Å². The van der Waals surface area contributed by atoms with Crippen LogP contribution in [0, 0.1) is 0 Å². The van der Waals surface area contributed by atoms with Crippen LogP contribution < -0.4 is 10.6 Å². The van der Waals surface area contributed by atoms with Crippen LogP contribution in [0.25, 0.3) is 0 Å². The average molecular weight is 490 g/mol. The van der Waals surface area contributed by atoms with Gasteiger partial charge >= 0.3 is 18.0 Å². The minimum atomic E-state index is -1.34. The van der Waals surface area contributed by atoms with Crippen LogP contribution in [-0.4, -0.2) is 75.9 Å². The highest BCUT2D eigenvalue weighted by Crippen LogP contribution is 2.40. The Kier molecular flexibility index (Phi) is 7.89. The quantitative estimate of drug-likeness (QED) is 0.154. The first-order valence-corrected chi connectivity index (χ1v) is 11.2. The van der Waals surface area contributed by atoms with Crippen molar-refractivity contribution < 1.29 is 38.7 Å². The monoisotopic (exact) mass is 490 g/mol. The lowest BCUT2D eigenvalue weighted by molar-refractivity contribution is -0.150. The van der Waals surface area contributed by atoms with Gasteiger partial charge in [0.1, 0.15) is 23.7 Å². The van der Waals surface area contributed by atoms with Gasteiger partial charge in [-0.25, -0.2) is 9.59 Å². The first-order valence-electron chi connectivity index (χ1n) is 10.2. The number of aliphatic carboxylic acids is 1. The van der Waals surface area contributed by atoms with Crippen LogP contribution in [0.2, 0.25) is 0 Å². The normalized spacial score (nSPS) is 19.5. The number of β-lactam (4-membered cyclic amide) rings is 1. The summed E-state index contributed by atoms with van der Waals surface area (Å²) >= 11 is 1.22. The highest BCUT2D eigenvalue weighted by Gasteiger charge is 2.54. The summed E-state index contributed by atoms with van der Waals surface area (Å²) < 4.78 is 4.90. The summed E-state index contributed by atoms with van der Waals surface area (Å²) in [5.41, 5.74) is 0.128. The van der Waals surface area contributed by atoms with Gasteiger partial charge in [-0.3, -0.25) is 24.1 Å². The number of oxime groups is 1. The van der Waals surface area contributed by atoms with Crippen LogP contribution in [0.4, 0.5) is 4.79 Å². The van der Waals surface area contributed by atoms with E-state index >= 15 is 0 Å². The second-order valence-electron chi connectivity index (χ2n) is 7.11. The summed E-state index contributed by atoms with van der Waals surface area (Å²) in [6.45, 7) is 2.93. The summed E-state index contributed by atoms with van der Waals surface area (Å²) in [6.07, 6.45) is -0.853. The van der Waals surface area contributed by atoms with E-state index in [0.717, 1.165) is 4.90 Å². The Morgan fingerprint density at radius 1 is 1.24 bits per heavy atom. The molecule has 1 saturated heterocycles. The largest absolute Gasteiger partial charge is 0.477 e. The van der Waals surface area contributed by atoms with Crippen molar-refractivity contribution >= 4 is 47.3 Å². The lowest BCUT2D eigenvalue weighted by Gasteiger charge is -2.49. The molecule has 0 radical (unpaired) electrons. The van der Waals surface area contributed by atoms with E-state index in [2.05, 4.69) is 15.8 Å². The van der Waals surface area contributed by atoms with E-state index in [-0.39, 0.29) is 29.3 Å². The first kappa shape index (κ1) is 24.8. The molecule has 2 atom stereocenters. The van der Waals surface area contributed by atoms with E-state index in [1.807, 2.05) is 0 Å². The second kappa shape index (κ2) is 10.8. The predicted octanol–water partition coefficient (Wildman–Crippen LogP) is 0.439. The Bertz CT molecular complexity index is 1070. The van der Waals surface area contributed by atoms with Gasteiger partial charge < -0.3 is 20.5 Å². The van der Waals surface area contributed by atoms with Crippen molar-refractivity contribution in [3.8, 4) is 0 Å². The molecule has 1 fully saturated rings. The molecule has 0 aromatic heterocycles. The maximum Gasteiger partial charge on any atom is 0.433 e. The number of esters is 1. The van der Waals surface area contributed by atoms with E-state index in [1.54, 1.807) is 37.3 Å². The first-order chi connectivity index (χ1) is 16.2. The molecule has 3 rings (SSSR count). The third-order valence-electron chi connectivity index (χ3n) is 4.79. The summed E-state index contributed by atoms with van der Waals surface area (Å²) in [4.78, 5) is 66.1. The highest BCUT2D eigenvalue weighted by atomic mass is 32.2. The fourth-order valence-corrected chi connectivity index (χ4v) is 4.60. The Morgan fingerprint density at radius 3 is 2.56 bits per heavy atom. The molecule has 0 bridgehead atoms. The molecule has 2 aliphatic heterocycles. The molecule has 0 spiro atoms. The zero-order chi connectivity index (χ0) is 24.8. The van der Waals surface area contributed by atoms with Crippen molar-refractivity contribution in [2.75, 3.05) is 18.9 Å². The van der Waals surface area contributed by atoms with Crippen molar-refractivity contribution in [2.24, 2.45) is 5.16 Å². The number of hydrogen-bond donors (Lipinski definition) is 3. The third-order valence-corrected chi connectivity index (χ3v) is 6.13. The Hall–Kier alpha value is -3.87. The molecule has 12 nitrogen and oxygen atoms in total. The number of carboxylic acids is 1. The van der Waals surface area contributed by atoms with E-state index < -0.39 is 41.3 Å². The molecule has 34 heavy (non-hydrogen) atoms. The number of carboxylic acid groups (broad SMARTS) is 1. The van der Waals surface area contributed by atoms with Gasteiger partial charge in [-0.05, 0) is 6.92 Å². The molecule has 1 aromatic rings. The molecule has 2 aliphatic rings. The molecule has 180 valence electrons. The van der Waals surface area contributed by atoms with Gasteiger partial charge in [0.05, 0.1) is 0 Å². The van der Waals surface area contributed by atoms with Crippen LogP contribution in [0.15, 0.2) is 46.8 Å². The summed E-state index contributed by atoms with van der Waals surface area (Å²) in [6, 6.07) is 7.17. The second-order valence-corrected chi connectivity index (χ2v) is 8.22. The van der Waals surface area contributed by atoms with Gasteiger partial charge in [0.15, 0.2) is 5.71 Å². The van der Waals surface area contributed by atoms with Crippen molar-refractivity contribution in [1.29, 1.82) is 0 Å². The molecule has 1 aromatic carbocycles. The number of amides is 3. The maximum absolute atomic E-state index is 13.0. The van der Waals surface area contributed by atoms with Crippen LogP contribution in [-0.2, 0) is 28.8 Å². The number of ether oxygens (including phenoxy) is 1. The minimum Gasteiger partial charge on any atom is -0.477 e. The SMILES string of the molecule is CCNC(=O)ON=C(C(=O)N[C@@H]1C(=O)N2C(C(=O)O)=C(COC(C)=O)CS[C@@H]12)c1ccccc1. The van der Waals surface area contributed by atoms with Crippen LogP contribution >= 0.6 is 11.8 Å². The van der Waals surface area contributed by atoms with Gasteiger partial charge in [-0.2, -0.15) is 0 Å². The van der Waals surface area contributed by atoms with Crippen molar-refractivity contribution in [3.63, 3.8) is 0 Å². The number of rotatable bonds is 8. The van der Waals surface area contributed by atoms with Gasteiger partial charge in [0.25, 0.3) is 11.8 Å². The number of nitrogens with one attached hydrogen (secondary N) is 2. The zero-order valence-corrected chi connectivity index (χ0v) is 19.1. The van der Waals surface area contributed by atoms with Gasteiger partial charge in [0, 0.05) is 30.4 Å². The van der Waals surface area contributed by atoms with Gasteiger partial charge in [-0.15, -0.1) is 11.8 Å². The highest BCUT2D eigenvalue weighted by molar-refractivity contribution is 8.00. The Balaban J connectivity index is 1.78. The van der Waals surface area contributed by atoms with Crippen molar-refractivity contribution in [2.45, 2.75) is 25.3 Å². The number of fused-ring (bicyclic) bond motifs is 1. The molecule has 2 heterocycles. The number of carbonyl (C=O) groups excluding carboxylic acids is 4. The standard InChI is InChI=1S/C21H22N4O8S/c1-3-22-21(31)33-24-14(12-7-5-4-6-8-12)17(27)23-15-18(28)25-16(20(29)30)13(9-32-11(2)26)10-34-19(15)25/h4-8,15,19H,3,9-10H2,1-2H3,(H,22,31)(H,23,27)(H,29,30)/t15-,19+/m1/s1. The number of benzene rings is 1. The van der Waals surface area contributed by atoms with E-state index in [4.69, 9.17) is 9.57 Å². The number of carbonyl (C=O) groups is 5. The zero-order valence-electron chi connectivity index (χ0n) is 18.3. The van der Waals surface area contributed by atoms with E-state index in [1.165, 1.54) is 18.7 Å². The smallest absolute Gasteiger partial charge is 0.433 e. The molecular weight excluding hydrogens is 468 g/mol. The third kappa shape index (κ3) is 5.36. The van der Waals surface area contributed by atoms with Gasteiger partial charge in [-0.1, -0.05) is 35.5 Å². The predicted molar refractivity (Wildman–Crippen MR) is 119 cm³/mol. The summed E-state index contributed by atoms with van der Waals surface area (Å²) in [7, 11) is 0. The molecular formula is C21H22N4O8S. The number of hydrogen-bond acceptors (Lipinski definition) is 9. The maximum atomic E-state index is 13.0. The lowest BCUT2D eigenvalue weighted by Crippen LogP contribution is -2.71. The molecule has 0 aliphatic carbocycles. The van der Waals surface area contributed by atoms with Gasteiger partial charge in [0.2, 0.25) is 0 Å². The van der Waals surface area contributed by atoms with Crippen LogP contribution in [0.5, 0.6) is 0 Å². The summed E-state index contributed by atoms with van der Waals surface area (Å²) in [5, 5.41) is 17.5. The number of thioether (sulfide) groups is 1. The van der Waals surface area contributed by atoms with Crippen LogP contribution in [0.3, 0.4) is 0 Å². The molecule has 3 amide bonds. The Morgan fingerprint density at radius 2 is 1.94 bits per heavy atom. The summed E-state index contributed by atoms with van der Waals surface area (Å²) in [5.74, 6) is -3.14. The average Bonchev–Trinajstić information content (AvgIpc) is 2.81. The Labute approximate surface area is 198 Å². The molecule has 0 unspecified atom stereocenters. The van der Waals surface area contributed by atoms with E-state index in [0.29, 0.717) is 12.1 Å². The fraction of sp³-hybridized carbons (Fsp3) is 0.333. The fourth-order valence-electron chi connectivity index (χ4n) is 3.28. The molecule has 3 N–H and O–H groups in total. The van der Waals surface area contributed by atoms with Crippen molar-refractivity contribution in [3.05, 3.63) is 47.2 Å². The molecule has 13 heteroatoms. The van der Waals surface area contributed by atoms with Crippen molar-refractivity contribution in [1.82, 2.24) is 15.5 Å².